The molecule has 1 nitrogen and oxygen atoms in total. The van der Waals surface area contributed by atoms with Crippen molar-refractivity contribution in [3.8, 4) is 0 Å². The van der Waals surface area contributed by atoms with Crippen LogP contribution < -0.4 is 0 Å². The van der Waals surface area contributed by atoms with Crippen molar-refractivity contribution in [1.29, 1.82) is 0 Å². The van der Waals surface area contributed by atoms with E-state index in [1.807, 2.05) is 0 Å². The van der Waals surface area contributed by atoms with Crippen molar-refractivity contribution < 1.29 is 4.79 Å². The Labute approximate surface area is 99.3 Å². The zero-order chi connectivity index (χ0) is 11.5. The first-order chi connectivity index (χ1) is 7.66. The molecule has 2 rings (SSSR count). The number of ketones is 1. The van der Waals surface area contributed by atoms with Crippen molar-refractivity contribution in [2.24, 2.45) is 17.8 Å². The Bertz CT molecular complexity index is 290. The summed E-state index contributed by atoms with van der Waals surface area (Å²) in [5, 5.41) is 0. The Morgan fingerprint density at radius 2 is 2.19 bits per heavy atom. The Kier molecular flexibility index (Phi) is 3.83. The van der Waals surface area contributed by atoms with Gasteiger partial charge in [-0.2, -0.15) is 0 Å². The lowest BCUT2D eigenvalue weighted by atomic mass is 9.77. The largest absolute Gasteiger partial charge is 0.299 e. The van der Waals surface area contributed by atoms with Crippen LogP contribution in [0.5, 0.6) is 0 Å². The zero-order valence-electron chi connectivity index (χ0n) is 10.7. The van der Waals surface area contributed by atoms with E-state index in [9.17, 15) is 4.79 Å². The van der Waals surface area contributed by atoms with Gasteiger partial charge in [-0.3, -0.25) is 4.79 Å². The van der Waals surface area contributed by atoms with E-state index in [-0.39, 0.29) is 0 Å². The molecule has 2 aliphatic rings. The van der Waals surface area contributed by atoms with Crippen LogP contribution in [0.3, 0.4) is 0 Å². The van der Waals surface area contributed by atoms with Crippen LogP contribution in [0.15, 0.2) is 11.6 Å². The fourth-order valence-electron chi connectivity index (χ4n) is 3.28. The van der Waals surface area contributed by atoms with Gasteiger partial charge in [0.1, 0.15) is 5.78 Å². The molecule has 2 aliphatic carbocycles. The minimum absolute atomic E-state index is 0.405. The highest BCUT2D eigenvalue weighted by Crippen LogP contribution is 2.35. The van der Waals surface area contributed by atoms with E-state index in [2.05, 4.69) is 19.9 Å². The van der Waals surface area contributed by atoms with Crippen LogP contribution in [0.25, 0.3) is 0 Å². The molecule has 0 radical (unpaired) electrons. The van der Waals surface area contributed by atoms with E-state index >= 15 is 0 Å². The van der Waals surface area contributed by atoms with Crippen LogP contribution in [-0.4, -0.2) is 5.78 Å². The molecule has 3 atom stereocenters. The summed E-state index contributed by atoms with van der Waals surface area (Å²) in [6.45, 7) is 4.59. The van der Waals surface area contributed by atoms with Crippen LogP contribution in [0.4, 0.5) is 0 Å². The molecule has 3 unspecified atom stereocenters. The summed E-state index contributed by atoms with van der Waals surface area (Å²) in [5.41, 5.74) is 1.56. The standard InChI is InChI=1S/C15H24O/c1-11-6-8-13(9-7-11)12(2)10-14-4-3-5-15(14)16/h6,12-14H,3-5,7-10H2,1-2H3. The monoisotopic (exact) mass is 220 g/mol. The molecular formula is C15H24O. The van der Waals surface area contributed by atoms with E-state index in [1.165, 1.54) is 19.3 Å². The first-order valence-corrected chi connectivity index (χ1v) is 6.85. The van der Waals surface area contributed by atoms with Gasteiger partial charge in [0.25, 0.3) is 0 Å². The zero-order valence-corrected chi connectivity index (χ0v) is 10.7. The average Bonchev–Trinajstić information content (AvgIpc) is 2.65. The minimum Gasteiger partial charge on any atom is -0.299 e. The Morgan fingerprint density at radius 1 is 1.38 bits per heavy atom. The van der Waals surface area contributed by atoms with E-state index in [4.69, 9.17) is 0 Å². The second kappa shape index (κ2) is 5.16. The van der Waals surface area contributed by atoms with Gasteiger partial charge in [0.2, 0.25) is 0 Å². The summed E-state index contributed by atoms with van der Waals surface area (Å²) < 4.78 is 0. The lowest BCUT2D eigenvalue weighted by Gasteiger charge is -2.28. The molecule has 0 bridgehead atoms. The van der Waals surface area contributed by atoms with Crippen molar-refractivity contribution in [2.75, 3.05) is 0 Å². The second-order valence-corrected chi connectivity index (χ2v) is 5.85. The normalized spacial score (nSPS) is 32.6. The molecule has 16 heavy (non-hydrogen) atoms. The van der Waals surface area contributed by atoms with Crippen molar-refractivity contribution in [3.63, 3.8) is 0 Å². The van der Waals surface area contributed by atoms with E-state index < -0.39 is 0 Å². The van der Waals surface area contributed by atoms with Crippen molar-refractivity contribution in [3.05, 3.63) is 11.6 Å². The van der Waals surface area contributed by atoms with Gasteiger partial charge in [0.15, 0.2) is 0 Å². The van der Waals surface area contributed by atoms with Gasteiger partial charge in [-0.1, -0.05) is 18.6 Å². The SMILES string of the molecule is CC1=CCC(C(C)CC2CCCC2=O)CC1. The summed E-state index contributed by atoms with van der Waals surface area (Å²) in [7, 11) is 0. The van der Waals surface area contributed by atoms with Crippen LogP contribution in [0.2, 0.25) is 0 Å². The van der Waals surface area contributed by atoms with Crippen LogP contribution in [0.1, 0.15) is 58.8 Å². The smallest absolute Gasteiger partial charge is 0.135 e. The first kappa shape index (κ1) is 11.9. The third-order valence-corrected chi connectivity index (χ3v) is 4.57. The number of hydrogen-bond acceptors (Lipinski definition) is 1. The average molecular weight is 220 g/mol. The molecular weight excluding hydrogens is 196 g/mol. The lowest BCUT2D eigenvalue weighted by molar-refractivity contribution is -0.121. The summed E-state index contributed by atoms with van der Waals surface area (Å²) >= 11 is 0. The molecule has 1 fully saturated rings. The van der Waals surface area contributed by atoms with Crippen LogP contribution in [-0.2, 0) is 4.79 Å². The van der Waals surface area contributed by atoms with Gasteiger partial charge in [0, 0.05) is 12.3 Å². The fourth-order valence-corrected chi connectivity index (χ4v) is 3.28. The molecule has 0 heterocycles. The van der Waals surface area contributed by atoms with E-state index in [1.54, 1.807) is 5.57 Å². The molecule has 1 heteroatoms. The molecule has 0 N–H and O–H groups in total. The summed E-state index contributed by atoms with van der Waals surface area (Å²) in [4.78, 5) is 11.6. The number of hydrogen-bond donors (Lipinski definition) is 0. The van der Waals surface area contributed by atoms with Crippen molar-refractivity contribution in [1.82, 2.24) is 0 Å². The first-order valence-electron chi connectivity index (χ1n) is 6.85. The Morgan fingerprint density at radius 3 is 2.75 bits per heavy atom. The van der Waals surface area contributed by atoms with Gasteiger partial charge in [0.05, 0.1) is 0 Å². The van der Waals surface area contributed by atoms with Crippen LogP contribution in [0, 0.1) is 17.8 Å². The van der Waals surface area contributed by atoms with Crippen molar-refractivity contribution >= 4 is 5.78 Å². The summed E-state index contributed by atoms with van der Waals surface area (Å²) in [6.07, 6.45) is 10.6. The fraction of sp³-hybridized carbons (Fsp3) is 0.800. The van der Waals surface area contributed by atoms with Gasteiger partial charge < -0.3 is 0 Å². The number of Topliss-reactive ketones (excluding diaryl/α,β-unsaturated/α-hetero) is 1. The quantitative estimate of drug-likeness (QED) is 0.654. The predicted molar refractivity (Wildman–Crippen MR) is 67.2 cm³/mol. The molecule has 0 aromatic carbocycles. The number of carbonyl (C=O) groups excluding carboxylic acids is 1. The number of allylic oxidation sites excluding steroid dienone is 2. The van der Waals surface area contributed by atoms with Gasteiger partial charge in [-0.05, 0) is 57.3 Å². The molecule has 0 saturated heterocycles. The predicted octanol–water partition coefficient (Wildman–Crippen LogP) is 4.13. The number of carbonyl (C=O) groups is 1. The molecule has 90 valence electrons. The highest BCUT2D eigenvalue weighted by atomic mass is 16.1. The van der Waals surface area contributed by atoms with Crippen molar-refractivity contribution in [2.45, 2.75) is 58.8 Å². The highest BCUT2D eigenvalue weighted by molar-refractivity contribution is 5.82. The topological polar surface area (TPSA) is 17.1 Å². The molecule has 0 aromatic heterocycles. The van der Waals surface area contributed by atoms with Gasteiger partial charge in [-0.25, -0.2) is 0 Å². The van der Waals surface area contributed by atoms with E-state index in [0.717, 1.165) is 37.5 Å². The van der Waals surface area contributed by atoms with Gasteiger partial charge >= 0.3 is 0 Å². The lowest BCUT2D eigenvalue weighted by Crippen LogP contribution is -2.19. The maximum atomic E-state index is 11.6. The molecule has 0 aromatic rings. The third-order valence-electron chi connectivity index (χ3n) is 4.57. The summed E-state index contributed by atoms with van der Waals surface area (Å²) in [6, 6.07) is 0. The third kappa shape index (κ3) is 2.75. The van der Waals surface area contributed by atoms with Crippen LogP contribution >= 0.6 is 0 Å². The maximum absolute atomic E-state index is 11.6. The second-order valence-electron chi connectivity index (χ2n) is 5.85. The molecule has 0 aliphatic heterocycles. The highest BCUT2D eigenvalue weighted by Gasteiger charge is 2.28. The summed E-state index contributed by atoms with van der Waals surface area (Å²) in [5.74, 6) is 2.50. The van der Waals surface area contributed by atoms with Gasteiger partial charge in [-0.15, -0.1) is 0 Å². The van der Waals surface area contributed by atoms with E-state index in [0.29, 0.717) is 11.7 Å². The number of rotatable bonds is 3. The minimum atomic E-state index is 0.405. The maximum Gasteiger partial charge on any atom is 0.135 e. The molecule has 0 spiro atoms. The molecule has 1 saturated carbocycles. The Balaban J connectivity index is 1.83. The Hall–Kier alpha value is -0.590. The molecule has 0 amide bonds.